The lowest BCUT2D eigenvalue weighted by Gasteiger charge is -2.40. The first kappa shape index (κ1) is 30.2. The number of nitrogens with two attached hydrogens (primary N) is 1. The predicted molar refractivity (Wildman–Crippen MR) is 169 cm³/mol. The van der Waals surface area contributed by atoms with Gasteiger partial charge in [0.05, 0.1) is 9.79 Å². The summed E-state index contributed by atoms with van der Waals surface area (Å²) in [5, 5.41) is 4.20. The van der Waals surface area contributed by atoms with Crippen molar-refractivity contribution in [1.82, 2.24) is 9.97 Å². The molecule has 0 amide bonds. The van der Waals surface area contributed by atoms with Crippen LogP contribution in [0.4, 0.5) is 21.6 Å². The van der Waals surface area contributed by atoms with Crippen molar-refractivity contribution < 1.29 is 16.8 Å². The first-order valence-electron chi connectivity index (χ1n) is 13.4. The molecule has 0 spiro atoms. The smallest absolute Gasteiger partial charge is 0.263 e. The van der Waals surface area contributed by atoms with E-state index in [9.17, 15) is 16.8 Å². The molecule has 2 aromatic carbocycles. The van der Waals surface area contributed by atoms with Crippen molar-refractivity contribution >= 4 is 64.4 Å². The van der Waals surface area contributed by atoms with Gasteiger partial charge in [0.2, 0.25) is 0 Å². The normalized spacial score (nSPS) is 15.8. The van der Waals surface area contributed by atoms with Crippen LogP contribution in [0.1, 0.15) is 13.3 Å². The van der Waals surface area contributed by atoms with E-state index in [1.54, 1.807) is 47.4 Å². The number of rotatable bonds is 10. The second-order valence-corrected chi connectivity index (χ2v) is 15.2. The van der Waals surface area contributed by atoms with Crippen molar-refractivity contribution in [2.24, 2.45) is 17.6 Å². The van der Waals surface area contributed by atoms with Gasteiger partial charge in [-0.25, -0.2) is 26.8 Å². The summed E-state index contributed by atoms with van der Waals surface area (Å²) in [6.07, 6.45) is 4.32. The molecule has 0 saturated carbocycles. The number of hydrogen-bond acceptors (Lipinski definition) is 11. The molecule has 15 heteroatoms. The van der Waals surface area contributed by atoms with Gasteiger partial charge in [-0.2, -0.15) is 0 Å². The Hall–Kier alpha value is -3.24. The van der Waals surface area contributed by atoms with Gasteiger partial charge in [0.25, 0.3) is 20.0 Å². The molecule has 2 saturated heterocycles. The summed E-state index contributed by atoms with van der Waals surface area (Å²) >= 11 is 2.50. The van der Waals surface area contributed by atoms with Crippen molar-refractivity contribution in [2.45, 2.75) is 23.1 Å². The molecule has 0 unspecified atom stereocenters. The largest absolute Gasteiger partial charge is 0.371 e. The zero-order valence-corrected chi connectivity index (χ0v) is 26.2. The summed E-state index contributed by atoms with van der Waals surface area (Å²) in [4.78, 5) is 12.8. The minimum Gasteiger partial charge on any atom is -0.371 e. The highest BCUT2D eigenvalue weighted by atomic mass is 32.2. The van der Waals surface area contributed by atoms with Gasteiger partial charge in [-0.3, -0.25) is 9.44 Å². The molecule has 0 aliphatic carbocycles. The minimum absolute atomic E-state index is 0.234. The highest BCUT2D eigenvalue weighted by Gasteiger charge is 2.27. The monoisotopic (exact) mass is 647 g/mol. The lowest BCUT2D eigenvalue weighted by molar-refractivity contribution is 0.399. The van der Waals surface area contributed by atoms with Gasteiger partial charge in [-0.15, -0.1) is 22.7 Å². The van der Waals surface area contributed by atoms with Gasteiger partial charge < -0.3 is 15.5 Å². The molecule has 4 heterocycles. The molecule has 2 aromatic heterocycles. The van der Waals surface area contributed by atoms with Gasteiger partial charge in [0, 0.05) is 66.6 Å². The van der Waals surface area contributed by atoms with Gasteiger partial charge >= 0.3 is 0 Å². The van der Waals surface area contributed by atoms with Gasteiger partial charge in [-0.05, 0) is 67.4 Å². The molecule has 2 aliphatic heterocycles. The van der Waals surface area contributed by atoms with E-state index < -0.39 is 20.0 Å². The SMILES string of the molecule is CCC1CN(c2ccc(S(=O)(=O)Nc3nccs3)cc2)C1.NCC1CN(c2ccc(S(=O)(=O)Nc3nccs3)cc2)C1. The van der Waals surface area contributed by atoms with Crippen LogP contribution in [0.15, 0.2) is 81.5 Å². The maximum atomic E-state index is 12.2. The van der Waals surface area contributed by atoms with Crippen LogP contribution >= 0.6 is 22.7 Å². The number of nitrogens with one attached hydrogen (secondary N) is 2. The average molecular weight is 648 g/mol. The Bertz CT molecular complexity index is 1510. The predicted octanol–water partition coefficient (Wildman–Crippen LogP) is 4.13. The number of nitrogens with zero attached hydrogens (tertiary/aromatic N) is 4. The standard InChI is InChI=1S/C14H17N3O2S2.C13H16N4O2S2/c1-2-11-9-17(10-11)12-3-5-13(6-4-12)21(18,19)16-14-15-7-8-20-14;14-7-10-8-17(9-10)11-1-3-12(4-2-11)21(18,19)16-13-15-5-6-20-13/h3-8,11H,2,9-10H2,1H3,(H,15,16);1-6,10H,7-9,14H2,(H,15,16). The number of thiazole rings is 2. The van der Waals surface area contributed by atoms with E-state index in [2.05, 4.69) is 36.1 Å². The fourth-order valence-corrected chi connectivity index (χ4v) is 8.11. The Morgan fingerprint density at radius 1 is 0.738 bits per heavy atom. The van der Waals surface area contributed by atoms with Crippen molar-refractivity contribution in [1.29, 1.82) is 0 Å². The van der Waals surface area contributed by atoms with E-state index in [4.69, 9.17) is 5.73 Å². The molecule has 2 aliphatic rings. The summed E-state index contributed by atoms with van der Waals surface area (Å²) in [5.41, 5.74) is 7.70. The lowest BCUT2D eigenvalue weighted by atomic mass is 9.97. The summed E-state index contributed by atoms with van der Waals surface area (Å²) in [6, 6.07) is 13.9. The van der Waals surface area contributed by atoms with Crippen molar-refractivity contribution in [2.75, 3.05) is 52.0 Å². The van der Waals surface area contributed by atoms with Crippen LogP contribution in [0, 0.1) is 11.8 Å². The molecular weight excluding hydrogens is 615 g/mol. The molecule has 4 aromatic rings. The van der Waals surface area contributed by atoms with Gasteiger partial charge in [0.15, 0.2) is 10.3 Å². The van der Waals surface area contributed by atoms with Crippen LogP contribution < -0.4 is 25.0 Å². The molecule has 224 valence electrons. The van der Waals surface area contributed by atoms with Crippen LogP contribution in [-0.4, -0.2) is 59.5 Å². The van der Waals surface area contributed by atoms with Crippen LogP contribution in [0.3, 0.4) is 0 Å². The Morgan fingerprint density at radius 2 is 1.14 bits per heavy atom. The van der Waals surface area contributed by atoms with Gasteiger partial charge in [0.1, 0.15) is 0 Å². The van der Waals surface area contributed by atoms with Crippen molar-refractivity contribution in [3.05, 3.63) is 71.7 Å². The first-order chi connectivity index (χ1) is 20.2. The zero-order valence-electron chi connectivity index (χ0n) is 23.0. The molecule has 4 N–H and O–H groups in total. The van der Waals surface area contributed by atoms with E-state index in [0.29, 0.717) is 22.7 Å². The molecule has 0 radical (unpaired) electrons. The van der Waals surface area contributed by atoms with Crippen LogP contribution in [0.5, 0.6) is 0 Å². The second-order valence-electron chi connectivity index (χ2n) is 10.1. The highest BCUT2D eigenvalue weighted by Crippen LogP contribution is 2.28. The molecule has 42 heavy (non-hydrogen) atoms. The Morgan fingerprint density at radius 3 is 1.48 bits per heavy atom. The van der Waals surface area contributed by atoms with Crippen LogP contribution in [0.25, 0.3) is 0 Å². The van der Waals surface area contributed by atoms with Crippen LogP contribution in [0.2, 0.25) is 0 Å². The highest BCUT2D eigenvalue weighted by molar-refractivity contribution is 7.93. The summed E-state index contributed by atoms with van der Waals surface area (Å²) in [5.74, 6) is 1.31. The summed E-state index contributed by atoms with van der Waals surface area (Å²) in [7, 11) is -7.12. The minimum atomic E-state index is -3.57. The van der Waals surface area contributed by atoms with Crippen LogP contribution in [-0.2, 0) is 20.0 Å². The molecule has 11 nitrogen and oxygen atoms in total. The second kappa shape index (κ2) is 13.0. The number of benzene rings is 2. The number of hydrogen-bond donors (Lipinski definition) is 3. The maximum absolute atomic E-state index is 12.2. The quantitative estimate of drug-likeness (QED) is 0.231. The number of aromatic nitrogens is 2. The fraction of sp³-hybridized carbons (Fsp3) is 0.333. The number of anilines is 4. The van der Waals surface area contributed by atoms with Crippen molar-refractivity contribution in [3.8, 4) is 0 Å². The van der Waals surface area contributed by atoms with Crippen molar-refractivity contribution in [3.63, 3.8) is 0 Å². The van der Waals surface area contributed by atoms with E-state index in [0.717, 1.165) is 43.5 Å². The molecule has 2 fully saturated rings. The molecule has 0 atom stereocenters. The number of sulfonamides is 2. The van der Waals surface area contributed by atoms with E-state index >= 15 is 0 Å². The summed E-state index contributed by atoms with van der Waals surface area (Å²) < 4.78 is 53.7. The Kier molecular flexibility index (Phi) is 9.32. The van der Waals surface area contributed by atoms with E-state index in [-0.39, 0.29) is 9.79 Å². The Balaban J connectivity index is 0.000000168. The fourth-order valence-electron chi connectivity index (χ4n) is 4.54. The van der Waals surface area contributed by atoms with E-state index in [1.165, 1.54) is 29.1 Å². The summed E-state index contributed by atoms with van der Waals surface area (Å²) in [6.45, 7) is 6.86. The average Bonchev–Trinajstić information content (AvgIpc) is 3.63. The molecule has 0 bridgehead atoms. The maximum Gasteiger partial charge on any atom is 0.263 e. The third-order valence-corrected chi connectivity index (χ3v) is 11.5. The lowest BCUT2D eigenvalue weighted by Crippen LogP contribution is -2.49. The topological polar surface area (TPSA) is 151 Å². The van der Waals surface area contributed by atoms with Gasteiger partial charge in [-0.1, -0.05) is 6.92 Å². The Labute approximate surface area is 254 Å². The first-order valence-corrected chi connectivity index (χ1v) is 18.1. The zero-order chi connectivity index (χ0) is 29.7. The molecule has 6 rings (SSSR count). The third-order valence-electron chi connectivity index (χ3n) is 7.16. The van der Waals surface area contributed by atoms with E-state index in [1.807, 2.05) is 24.3 Å². The third kappa shape index (κ3) is 7.21. The molecular formula is C27H33N7O4S4.